The van der Waals surface area contributed by atoms with Crippen LogP contribution in [0.5, 0.6) is 0 Å². The number of nitrogens with one attached hydrogen (secondary N) is 2. The summed E-state index contributed by atoms with van der Waals surface area (Å²) in [6.07, 6.45) is 7.00. The summed E-state index contributed by atoms with van der Waals surface area (Å²) in [5, 5.41) is 6.14. The third-order valence-electron chi connectivity index (χ3n) is 4.42. The Balaban J connectivity index is 1.72. The van der Waals surface area contributed by atoms with Gasteiger partial charge in [-0.3, -0.25) is 9.59 Å². The van der Waals surface area contributed by atoms with Crippen molar-refractivity contribution in [3.05, 3.63) is 52.6 Å². The highest BCUT2D eigenvalue weighted by molar-refractivity contribution is 6.34. The van der Waals surface area contributed by atoms with Gasteiger partial charge in [-0.15, -0.1) is 0 Å². The molecule has 0 unspecified atom stereocenters. The molecule has 1 fully saturated rings. The Morgan fingerprint density at radius 1 is 1.12 bits per heavy atom. The maximum Gasteiger partial charge on any atom is 0.274 e. The van der Waals surface area contributed by atoms with E-state index in [-0.39, 0.29) is 23.6 Å². The molecule has 2 amide bonds. The molecule has 1 aromatic carbocycles. The van der Waals surface area contributed by atoms with Gasteiger partial charge in [0.1, 0.15) is 11.5 Å². The van der Waals surface area contributed by atoms with Crippen LogP contribution in [0.15, 0.2) is 30.5 Å². The number of nitrogens with zero attached hydrogens (tertiary/aromatic N) is 2. The van der Waals surface area contributed by atoms with Crippen molar-refractivity contribution < 1.29 is 9.59 Å². The van der Waals surface area contributed by atoms with Gasteiger partial charge < -0.3 is 10.6 Å². The lowest BCUT2D eigenvalue weighted by Gasteiger charge is -2.23. The lowest BCUT2D eigenvalue weighted by Crippen LogP contribution is -2.36. The molecule has 0 atom stereocenters. The predicted molar refractivity (Wildman–Crippen MR) is 101 cm³/mol. The number of rotatable bonds is 4. The molecule has 0 spiro atoms. The van der Waals surface area contributed by atoms with Crippen LogP contribution in [-0.2, 0) is 0 Å². The molecule has 0 bridgehead atoms. The van der Waals surface area contributed by atoms with E-state index in [1.165, 1.54) is 18.7 Å². The molecule has 1 heterocycles. The van der Waals surface area contributed by atoms with E-state index in [1.807, 2.05) is 0 Å². The number of hydrogen-bond donors (Lipinski definition) is 2. The second kappa shape index (κ2) is 8.27. The van der Waals surface area contributed by atoms with Crippen LogP contribution in [0.2, 0.25) is 5.02 Å². The topological polar surface area (TPSA) is 84.0 Å². The van der Waals surface area contributed by atoms with Crippen LogP contribution in [0.25, 0.3) is 0 Å². The molecule has 1 aromatic heterocycles. The molecule has 3 rings (SSSR count). The number of aromatic nitrogens is 2. The zero-order valence-electron chi connectivity index (χ0n) is 14.6. The van der Waals surface area contributed by atoms with Crippen molar-refractivity contribution >= 4 is 29.1 Å². The molecule has 2 N–H and O–H groups in total. The molecular formula is C19H21ClN4O2. The summed E-state index contributed by atoms with van der Waals surface area (Å²) in [7, 11) is 0. The molecule has 6 nitrogen and oxygen atoms in total. The minimum atomic E-state index is -0.364. The van der Waals surface area contributed by atoms with Crippen LogP contribution >= 0.6 is 11.6 Å². The Morgan fingerprint density at radius 3 is 2.62 bits per heavy atom. The van der Waals surface area contributed by atoms with E-state index in [2.05, 4.69) is 20.6 Å². The van der Waals surface area contributed by atoms with Crippen molar-refractivity contribution in [2.24, 2.45) is 0 Å². The fraction of sp³-hybridized carbons (Fsp3) is 0.368. The maximum atomic E-state index is 12.6. The largest absolute Gasteiger partial charge is 0.349 e. The third-order valence-corrected chi connectivity index (χ3v) is 4.75. The van der Waals surface area contributed by atoms with Crippen LogP contribution in [0.3, 0.4) is 0 Å². The number of benzene rings is 1. The van der Waals surface area contributed by atoms with Crippen LogP contribution in [-0.4, -0.2) is 27.8 Å². The SMILES string of the molecule is Cc1nccc(C(=O)Nc2ccc(Cl)c(C(=O)NC3CCCCC3)c2)n1. The van der Waals surface area contributed by atoms with Gasteiger partial charge in [0.15, 0.2) is 0 Å². The fourth-order valence-corrected chi connectivity index (χ4v) is 3.27. The number of carbonyl (C=O) groups is 2. The van der Waals surface area contributed by atoms with Crippen molar-refractivity contribution in [1.82, 2.24) is 15.3 Å². The molecule has 1 aliphatic rings. The van der Waals surface area contributed by atoms with E-state index in [9.17, 15) is 9.59 Å². The Morgan fingerprint density at radius 2 is 1.88 bits per heavy atom. The van der Waals surface area contributed by atoms with E-state index in [0.29, 0.717) is 22.1 Å². The summed E-state index contributed by atoms with van der Waals surface area (Å²) in [6, 6.07) is 6.58. The summed E-state index contributed by atoms with van der Waals surface area (Å²) < 4.78 is 0. The first-order valence-corrected chi connectivity index (χ1v) is 9.12. The highest BCUT2D eigenvalue weighted by atomic mass is 35.5. The number of aryl methyl sites for hydroxylation is 1. The van der Waals surface area contributed by atoms with Crippen molar-refractivity contribution in [1.29, 1.82) is 0 Å². The number of halogens is 1. The highest BCUT2D eigenvalue weighted by Gasteiger charge is 2.19. The van der Waals surface area contributed by atoms with Crippen molar-refractivity contribution in [3.8, 4) is 0 Å². The first kappa shape index (κ1) is 18.3. The molecule has 26 heavy (non-hydrogen) atoms. The first-order chi connectivity index (χ1) is 12.5. The van der Waals surface area contributed by atoms with Gasteiger partial charge in [-0.05, 0) is 44.0 Å². The van der Waals surface area contributed by atoms with E-state index in [1.54, 1.807) is 25.1 Å². The average Bonchev–Trinajstić information content (AvgIpc) is 2.64. The van der Waals surface area contributed by atoms with Gasteiger partial charge in [-0.25, -0.2) is 9.97 Å². The molecule has 136 valence electrons. The summed E-state index contributed by atoms with van der Waals surface area (Å²) in [5.41, 5.74) is 1.11. The first-order valence-electron chi connectivity index (χ1n) is 8.74. The Kier molecular flexibility index (Phi) is 5.83. The zero-order valence-corrected chi connectivity index (χ0v) is 15.3. The summed E-state index contributed by atoms with van der Waals surface area (Å²) in [5.74, 6) is -0.0614. The van der Waals surface area contributed by atoms with Crippen LogP contribution in [0.1, 0.15) is 58.8 Å². The molecule has 1 aliphatic carbocycles. The lowest BCUT2D eigenvalue weighted by atomic mass is 9.95. The van der Waals surface area contributed by atoms with Crippen molar-refractivity contribution in [3.63, 3.8) is 0 Å². The average molecular weight is 373 g/mol. The van der Waals surface area contributed by atoms with Gasteiger partial charge in [-0.2, -0.15) is 0 Å². The minimum absolute atomic E-state index is 0.189. The number of hydrogen-bond acceptors (Lipinski definition) is 4. The second-order valence-corrected chi connectivity index (χ2v) is 6.85. The Hall–Kier alpha value is -2.47. The number of anilines is 1. The van der Waals surface area contributed by atoms with Gasteiger partial charge in [0.2, 0.25) is 0 Å². The molecule has 0 radical (unpaired) electrons. The minimum Gasteiger partial charge on any atom is -0.349 e. The molecule has 0 saturated heterocycles. The lowest BCUT2D eigenvalue weighted by molar-refractivity contribution is 0.0926. The van der Waals surface area contributed by atoms with E-state index in [0.717, 1.165) is 25.7 Å². The van der Waals surface area contributed by atoms with Gasteiger partial charge in [0.25, 0.3) is 11.8 Å². The highest BCUT2D eigenvalue weighted by Crippen LogP contribution is 2.23. The summed E-state index contributed by atoms with van der Waals surface area (Å²) >= 11 is 6.19. The van der Waals surface area contributed by atoms with Crippen LogP contribution in [0, 0.1) is 6.92 Å². The Labute approximate surface area is 157 Å². The molecule has 1 saturated carbocycles. The van der Waals surface area contributed by atoms with E-state index >= 15 is 0 Å². The zero-order chi connectivity index (χ0) is 18.5. The molecule has 7 heteroatoms. The molecule has 0 aliphatic heterocycles. The summed E-state index contributed by atoms with van der Waals surface area (Å²) in [4.78, 5) is 32.9. The van der Waals surface area contributed by atoms with Crippen molar-refractivity contribution in [2.75, 3.05) is 5.32 Å². The fourth-order valence-electron chi connectivity index (χ4n) is 3.06. The van der Waals surface area contributed by atoms with Crippen molar-refractivity contribution in [2.45, 2.75) is 45.1 Å². The number of carbonyl (C=O) groups excluding carboxylic acids is 2. The van der Waals surface area contributed by atoms with E-state index in [4.69, 9.17) is 11.6 Å². The van der Waals surface area contributed by atoms with Gasteiger partial charge in [0, 0.05) is 17.9 Å². The van der Waals surface area contributed by atoms with Crippen LogP contribution in [0.4, 0.5) is 5.69 Å². The normalized spacial score (nSPS) is 14.7. The Bertz CT molecular complexity index is 819. The van der Waals surface area contributed by atoms with Gasteiger partial charge in [-0.1, -0.05) is 30.9 Å². The third kappa shape index (κ3) is 4.58. The quantitative estimate of drug-likeness (QED) is 0.855. The molecular weight excluding hydrogens is 352 g/mol. The van der Waals surface area contributed by atoms with Crippen LogP contribution < -0.4 is 10.6 Å². The smallest absolute Gasteiger partial charge is 0.274 e. The summed E-state index contributed by atoms with van der Waals surface area (Å²) in [6.45, 7) is 1.72. The maximum absolute atomic E-state index is 12.6. The monoisotopic (exact) mass is 372 g/mol. The standard InChI is InChI=1S/C19H21ClN4O2/c1-12-21-10-9-17(22-12)19(26)24-14-7-8-16(20)15(11-14)18(25)23-13-5-3-2-4-6-13/h7-11,13H,2-6H2,1H3,(H,23,25)(H,24,26). The predicted octanol–water partition coefficient (Wildman–Crippen LogP) is 3.75. The van der Waals surface area contributed by atoms with Gasteiger partial charge >= 0.3 is 0 Å². The van der Waals surface area contributed by atoms with E-state index < -0.39 is 0 Å². The van der Waals surface area contributed by atoms with Gasteiger partial charge in [0.05, 0.1) is 10.6 Å². The number of amides is 2. The second-order valence-electron chi connectivity index (χ2n) is 6.45. The molecule has 2 aromatic rings.